The molecule has 18 heavy (non-hydrogen) atoms. The Morgan fingerprint density at radius 1 is 1.17 bits per heavy atom. The topological polar surface area (TPSA) is 43.1 Å². The highest BCUT2D eigenvalue weighted by Gasteiger charge is 2.19. The molecule has 2 rings (SSSR count). The Balaban J connectivity index is 2.53. The Morgan fingerprint density at radius 2 is 1.83 bits per heavy atom. The summed E-state index contributed by atoms with van der Waals surface area (Å²) in [6.07, 6.45) is 0. The van der Waals surface area contributed by atoms with Gasteiger partial charge in [-0.1, -0.05) is 0 Å². The summed E-state index contributed by atoms with van der Waals surface area (Å²) in [7, 11) is 0. The standard InChI is InChI=1S/C11H5Br3FNOS/c12-6-3-7(15)8(16)1-4(6)10(17)5-2-9(13)18-11(5)14/h1-3H,16H2. The molecule has 0 spiro atoms. The maximum Gasteiger partial charge on any atom is 0.196 e. The van der Waals surface area contributed by atoms with Gasteiger partial charge in [-0.3, -0.25) is 4.79 Å². The predicted octanol–water partition coefficient (Wildman–Crippen LogP) is 4.99. The summed E-state index contributed by atoms with van der Waals surface area (Å²) in [4.78, 5) is 12.3. The normalized spacial score (nSPS) is 10.7. The van der Waals surface area contributed by atoms with Crippen LogP contribution >= 0.6 is 59.1 Å². The van der Waals surface area contributed by atoms with Gasteiger partial charge in [-0.25, -0.2) is 4.39 Å². The molecule has 1 aromatic carbocycles. The molecule has 94 valence electrons. The number of carbonyl (C=O) groups is 1. The van der Waals surface area contributed by atoms with Crippen LogP contribution in [0.2, 0.25) is 0 Å². The molecule has 0 saturated carbocycles. The van der Waals surface area contributed by atoms with Gasteiger partial charge in [0.25, 0.3) is 0 Å². The SMILES string of the molecule is Nc1cc(C(=O)c2cc(Br)sc2Br)c(Br)cc1F. The quantitative estimate of drug-likeness (QED) is 0.510. The second-order valence-electron chi connectivity index (χ2n) is 3.42. The molecule has 0 saturated heterocycles. The zero-order chi connectivity index (χ0) is 13.4. The lowest BCUT2D eigenvalue weighted by atomic mass is 10.1. The van der Waals surface area contributed by atoms with Gasteiger partial charge < -0.3 is 5.73 Å². The van der Waals surface area contributed by atoms with Gasteiger partial charge in [-0.2, -0.15) is 0 Å². The third kappa shape index (κ3) is 2.68. The first-order chi connectivity index (χ1) is 8.40. The van der Waals surface area contributed by atoms with Crippen molar-refractivity contribution in [3.8, 4) is 0 Å². The zero-order valence-corrected chi connectivity index (χ0v) is 14.2. The average Bonchev–Trinajstić information content (AvgIpc) is 2.62. The maximum absolute atomic E-state index is 13.2. The molecule has 0 radical (unpaired) electrons. The number of hydrogen-bond acceptors (Lipinski definition) is 3. The number of halogens is 4. The van der Waals surface area contributed by atoms with Crippen LogP contribution in [0.3, 0.4) is 0 Å². The summed E-state index contributed by atoms with van der Waals surface area (Å²) < 4.78 is 15.2. The van der Waals surface area contributed by atoms with Crippen molar-refractivity contribution in [2.75, 3.05) is 5.73 Å². The van der Waals surface area contributed by atoms with Crippen LogP contribution in [0.5, 0.6) is 0 Å². The first-order valence-corrected chi connectivity index (χ1v) is 7.83. The summed E-state index contributed by atoms with van der Waals surface area (Å²) in [5.74, 6) is -0.772. The second-order valence-corrected chi connectivity index (χ2v) is 8.02. The Hall–Kier alpha value is -0.240. The van der Waals surface area contributed by atoms with E-state index in [2.05, 4.69) is 47.8 Å². The fourth-order valence-electron chi connectivity index (χ4n) is 1.38. The van der Waals surface area contributed by atoms with Crippen LogP contribution in [0, 0.1) is 5.82 Å². The molecular formula is C11H5Br3FNOS. The van der Waals surface area contributed by atoms with Crippen molar-refractivity contribution in [3.05, 3.63) is 47.2 Å². The summed E-state index contributed by atoms with van der Waals surface area (Å²) in [6.45, 7) is 0. The molecule has 0 amide bonds. The molecule has 7 heteroatoms. The zero-order valence-electron chi connectivity index (χ0n) is 8.64. The smallest absolute Gasteiger partial charge is 0.196 e. The van der Waals surface area contributed by atoms with Gasteiger partial charge in [-0.15, -0.1) is 11.3 Å². The van der Waals surface area contributed by atoms with Crippen LogP contribution < -0.4 is 5.73 Å². The number of thiophene rings is 1. The third-order valence-corrected chi connectivity index (χ3v) is 5.23. The lowest BCUT2D eigenvalue weighted by Gasteiger charge is -2.05. The van der Waals surface area contributed by atoms with Crippen LogP contribution in [0.15, 0.2) is 30.2 Å². The van der Waals surface area contributed by atoms with E-state index in [9.17, 15) is 9.18 Å². The molecule has 2 aromatic rings. The number of hydrogen-bond donors (Lipinski definition) is 1. The highest BCUT2D eigenvalue weighted by atomic mass is 79.9. The molecule has 0 aliphatic rings. The summed E-state index contributed by atoms with van der Waals surface area (Å²) >= 11 is 11.2. The van der Waals surface area contributed by atoms with Crippen LogP contribution in [-0.4, -0.2) is 5.78 Å². The number of nitrogens with two attached hydrogens (primary N) is 1. The van der Waals surface area contributed by atoms with Crippen molar-refractivity contribution < 1.29 is 9.18 Å². The van der Waals surface area contributed by atoms with Crippen LogP contribution in [-0.2, 0) is 0 Å². The van der Waals surface area contributed by atoms with E-state index >= 15 is 0 Å². The Kier molecular flexibility index (Phi) is 4.25. The number of ketones is 1. The van der Waals surface area contributed by atoms with E-state index < -0.39 is 5.82 Å². The van der Waals surface area contributed by atoms with E-state index in [0.29, 0.717) is 19.4 Å². The van der Waals surface area contributed by atoms with E-state index in [-0.39, 0.29) is 11.5 Å². The number of rotatable bonds is 2. The van der Waals surface area contributed by atoms with E-state index in [0.717, 1.165) is 3.79 Å². The third-order valence-electron chi connectivity index (χ3n) is 2.23. The second kappa shape index (κ2) is 5.40. The van der Waals surface area contributed by atoms with Gasteiger partial charge in [0.05, 0.1) is 13.3 Å². The highest BCUT2D eigenvalue weighted by molar-refractivity contribution is 9.12. The molecule has 1 heterocycles. The molecular weight excluding hydrogens is 453 g/mol. The van der Waals surface area contributed by atoms with Crippen molar-refractivity contribution in [1.82, 2.24) is 0 Å². The largest absolute Gasteiger partial charge is 0.396 e. The summed E-state index contributed by atoms with van der Waals surface area (Å²) in [5.41, 5.74) is 6.28. The Bertz CT molecular complexity index is 641. The molecule has 0 unspecified atom stereocenters. The minimum Gasteiger partial charge on any atom is -0.396 e. The first-order valence-electron chi connectivity index (χ1n) is 4.64. The van der Waals surface area contributed by atoms with Gasteiger partial charge in [0, 0.05) is 15.6 Å². The van der Waals surface area contributed by atoms with Crippen LogP contribution in [0.4, 0.5) is 10.1 Å². The molecule has 0 atom stereocenters. The van der Waals surface area contributed by atoms with E-state index in [4.69, 9.17) is 5.73 Å². The molecule has 0 fully saturated rings. The van der Waals surface area contributed by atoms with Crippen molar-refractivity contribution in [1.29, 1.82) is 0 Å². The number of carbonyl (C=O) groups excluding carboxylic acids is 1. The van der Waals surface area contributed by atoms with Gasteiger partial charge in [0.1, 0.15) is 5.82 Å². The molecule has 0 aliphatic carbocycles. The van der Waals surface area contributed by atoms with E-state index in [1.807, 2.05) is 0 Å². The Labute approximate surface area is 132 Å². The highest BCUT2D eigenvalue weighted by Crippen LogP contribution is 2.35. The van der Waals surface area contributed by atoms with Gasteiger partial charge in [0.2, 0.25) is 0 Å². The van der Waals surface area contributed by atoms with Crippen LogP contribution in [0.1, 0.15) is 15.9 Å². The molecule has 0 aliphatic heterocycles. The van der Waals surface area contributed by atoms with Crippen molar-refractivity contribution >= 4 is 70.6 Å². The van der Waals surface area contributed by atoms with E-state index in [1.165, 1.54) is 23.5 Å². The average molecular weight is 458 g/mol. The fraction of sp³-hybridized carbons (Fsp3) is 0. The van der Waals surface area contributed by atoms with Crippen LogP contribution in [0.25, 0.3) is 0 Å². The van der Waals surface area contributed by atoms with Crippen molar-refractivity contribution in [3.63, 3.8) is 0 Å². The summed E-state index contributed by atoms with van der Waals surface area (Å²) in [6, 6.07) is 4.24. The maximum atomic E-state index is 13.2. The van der Waals surface area contributed by atoms with Crippen molar-refractivity contribution in [2.24, 2.45) is 0 Å². The predicted molar refractivity (Wildman–Crippen MR) is 81.7 cm³/mol. The number of anilines is 1. The minimum atomic E-state index is -0.552. The fourth-order valence-corrected chi connectivity index (χ4v) is 4.67. The van der Waals surface area contributed by atoms with Crippen molar-refractivity contribution in [2.45, 2.75) is 0 Å². The number of nitrogen functional groups attached to an aromatic ring is 1. The lowest BCUT2D eigenvalue weighted by Crippen LogP contribution is -2.04. The van der Waals surface area contributed by atoms with Gasteiger partial charge in [-0.05, 0) is 66.0 Å². The lowest BCUT2D eigenvalue weighted by molar-refractivity contribution is 0.103. The molecule has 1 aromatic heterocycles. The summed E-state index contributed by atoms with van der Waals surface area (Å²) in [5, 5.41) is 0. The minimum absolute atomic E-state index is 0.0491. The van der Waals surface area contributed by atoms with Gasteiger partial charge in [0.15, 0.2) is 5.78 Å². The first kappa shape index (κ1) is 14.2. The van der Waals surface area contributed by atoms with E-state index in [1.54, 1.807) is 6.07 Å². The molecule has 2 N–H and O–H groups in total. The Morgan fingerprint density at radius 3 is 2.39 bits per heavy atom. The number of benzene rings is 1. The monoisotopic (exact) mass is 455 g/mol. The van der Waals surface area contributed by atoms with Gasteiger partial charge >= 0.3 is 0 Å². The molecule has 0 bridgehead atoms. The molecule has 2 nitrogen and oxygen atoms in total.